The lowest BCUT2D eigenvalue weighted by Gasteiger charge is -2.37. The number of rotatable bonds is 2. The third kappa shape index (κ3) is 1.75. The van der Waals surface area contributed by atoms with Gasteiger partial charge in [0.15, 0.2) is 11.5 Å². The zero-order valence-electron chi connectivity index (χ0n) is 8.25. The van der Waals surface area contributed by atoms with Gasteiger partial charge in [0, 0.05) is 25.5 Å². The van der Waals surface area contributed by atoms with Crippen molar-refractivity contribution in [1.82, 2.24) is 9.97 Å². The van der Waals surface area contributed by atoms with Crippen LogP contribution in [0.2, 0.25) is 0 Å². The van der Waals surface area contributed by atoms with Gasteiger partial charge in [0.25, 0.3) is 0 Å². The van der Waals surface area contributed by atoms with Gasteiger partial charge in [-0.25, -0.2) is 14.8 Å². The van der Waals surface area contributed by atoms with Gasteiger partial charge in [0.2, 0.25) is 0 Å². The van der Waals surface area contributed by atoms with Crippen molar-refractivity contribution in [3.8, 4) is 0 Å². The SMILES string of the molecule is COC(=O)c1nccnc1N1CC(O)C1. The highest BCUT2D eigenvalue weighted by Crippen LogP contribution is 2.21. The van der Waals surface area contributed by atoms with E-state index in [0.717, 1.165) is 0 Å². The van der Waals surface area contributed by atoms with E-state index in [-0.39, 0.29) is 11.8 Å². The van der Waals surface area contributed by atoms with Crippen LogP contribution in [0.1, 0.15) is 10.5 Å². The summed E-state index contributed by atoms with van der Waals surface area (Å²) in [7, 11) is 1.30. The molecule has 0 spiro atoms. The van der Waals surface area contributed by atoms with Gasteiger partial charge >= 0.3 is 5.97 Å². The minimum Gasteiger partial charge on any atom is -0.464 e. The van der Waals surface area contributed by atoms with Gasteiger partial charge in [0.05, 0.1) is 13.2 Å². The quantitative estimate of drug-likeness (QED) is 0.658. The molecule has 0 bridgehead atoms. The van der Waals surface area contributed by atoms with Crippen LogP contribution in [-0.2, 0) is 4.74 Å². The van der Waals surface area contributed by atoms with Crippen LogP contribution in [0.25, 0.3) is 0 Å². The summed E-state index contributed by atoms with van der Waals surface area (Å²) < 4.78 is 4.59. The number of β-amino-alcohol motifs (C(OH)–C–C–N with tert-alkyl or cyclic N) is 1. The molecule has 2 heterocycles. The lowest BCUT2D eigenvalue weighted by atomic mass is 10.1. The number of hydrogen-bond donors (Lipinski definition) is 1. The number of nitrogens with zero attached hydrogens (tertiary/aromatic N) is 3. The molecule has 2 rings (SSSR count). The van der Waals surface area contributed by atoms with Gasteiger partial charge in [0.1, 0.15) is 0 Å². The fourth-order valence-electron chi connectivity index (χ4n) is 1.43. The maximum Gasteiger partial charge on any atom is 0.360 e. The lowest BCUT2D eigenvalue weighted by Crippen LogP contribution is -2.51. The molecule has 1 saturated heterocycles. The Morgan fingerprint density at radius 1 is 1.53 bits per heavy atom. The van der Waals surface area contributed by atoms with Crippen LogP contribution in [0.5, 0.6) is 0 Å². The second-order valence-corrected chi connectivity index (χ2v) is 3.28. The van der Waals surface area contributed by atoms with Gasteiger partial charge in [-0.05, 0) is 0 Å². The van der Waals surface area contributed by atoms with E-state index >= 15 is 0 Å². The molecule has 1 aromatic rings. The summed E-state index contributed by atoms with van der Waals surface area (Å²) in [6, 6.07) is 0. The number of ether oxygens (including phenoxy) is 1. The molecule has 1 aliphatic rings. The largest absolute Gasteiger partial charge is 0.464 e. The molecule has 15 heavy (non-hydrogen) atoms. The Morgan fingerprint density at radius 2 is 2.20 bits per heavy atom. The first-order valence-corrected chi connectivity index (χ1v) is 4.54. The van der Waals surface area contributed by atoms with Crippen LogP contribution < -0.4 is 4.90 Å². The molecule has 0 aromatic carbocycles. The third-order valence-corrected chi connectivity index (χ3v) is 2.22. The topological polar surface area (TPSA) is 75.5 Å². The molecule has 0 amide bonds. The highest BCUT2D eigenvalue weighted by molar-refractivity contribution is 5.92. The molecule has 0 aliphatic carbocycles. The second-order valence-electron chi connectivity index (χ2n) is 3.28. The Labute approximate surface area is 86.5 Å². The number of carbonyl (C=O) groups excluding carboxylic acids is 1. The molecule has 0 unspecified atom stereocenters. The highest BCUT2D eigenvalue weighted by atomic mass is 16.5. The van der Waals surface area contributed by atoms with E-state index in [0.29, 0.717) is 18.9 Å². The lowest BCUT2D eigenvalue weighted by molar-refractivity contribution is 0.0592. The molecular formula is C9H11N3O3. The summed E-state index contributed by atoms with van der Waals surface area (Å²) in [6.07, 6.45) is 2.59. The van der Waals surface area contributed by atoms with Crippen LogP contribution in [0.15, 0.2) is 12.4 Å². The molecule has 0 atom stereocenters. The van der Waals surface area contributed by atoms with Crippen molar-refractivity contribution < 1.29 is 14.6 Å². The number of methoxy groups -OCH3 is 1. The second kappa shape index (κ2) is 3.82. The molecule has 80 valence electrons. The average molecular weight is 209 g/mol. The Kier molecular flexibility index (Phi) is 2.51. The van der Waals surface area contributed by atoms with Crippen LogP contribution in [0, 0.1) is 0 Å². The van der Waals surface area contributed by atoms with Gasteiger partial charge in [-0.1, -0.05) is 0 Å². The number of anilines is 1. The minimum absolute atomic E-state index is 0.187. The van der Waals surface area contributed by atoms with E-state index in [4.69, 9.17) is 5.11 Å². The van der Waals surface area contributed by atoms with Gasteiger partial charge in [-0.2, -0.15) is 0 Å². The summed E-state index contributed by atoms with van der Waals surface area (Å²) >= 11 is 0. The zero-order valence-corrected chi connectivity index (χ0v) is 8.25. The Hall–Kier alpha value is -1.69. The number of hydrogen-bond acceptors (Lipinski definition) is 6. The number of aromatic nitrogens is 2. The predicted molar refractivity (Wildman–Crippen MR) is 51.6 cm³/mol. The van der Waals surface area contributed by atoms with Crippen molar-refractivity contribution >= 4 is 11.8 Å². The van der Waals surface area contributed by atoms with Crippen molar-refractivity contribution in [2.75, 3.05) is 25.1 Å². The van der Waals surface area contributed by atoms with Gasteiger partial charge in [-0.3, -0.25) is 0 Å². The summed E-state index contributed by atoms with van der Waals surface area (Å²) in [5, 5.41) is 9.16. The average Bonchev–Trinajstić information content (AvgIpc) is 2.24. The smallest absolute Gasteiger partial charge is 0.360 e. The van der Waals surface area contributed by atoms with Crippen LogP contribution in [0.4, 0.5) is 5.82 Å². The first kappa shape index (κ1) is 9.85. The Bertz CT molecular complexity index is 377. The number of aliphatic hydroxyl groups excluding tert-OH is 1. The van der Waals surface area contributed by atoms with E-state index in [1.54, 1.807) is 4.90 Å². The van der Waals surface area contributed by atoms with Crippen molar-refractivity contribution in [3.05, 3.63) is 18.1 Å². The first-order chi connectivity index (χ1) is 7.22. The molecule has 0 radical (unpaired) electrons. The molecule has 0 saturated carbocycles. The summed E-state index contributed by atoms with van der Waals surface area (Å²) in [5.74, 6) is -0.0471. The normalized spacial score (nSPS) is 16.0. The summed E-state index contributed by atoms with van der Waals surface area (Å²) in [6.45, 7) is 0.950. The van der Waals surface area contributed by atoms with Gasteiger partial charge in [-0.15, -0.1) is 0 Å². The van der Waals surface area contributed by atoms with E-state index < -0.39 is 5.97 Å². The molecule has 1 aromatic heterocycles. The fraction of sp³-hybridized carbons (Fsp3) is 0.444. The Morgan fingerprint density at radius 3 is 2.80 bits per heavy atom. The van der Waals surface area contributed by atoms with Crippen LogP contribution in [-0.4, -0.2) is 47.3 Å². The summed E-state index contributed by atoms with van der Waals surface area (Å²) in [4.78, 5) is 21.1. The van der Waals surface area contributed by atoms with Crippen molar-refractivity contribution in [3.63, 3.8) is 0 Å². The fourth-order valence-corrected chi connectivity index (χ4v) is 1.43. The van der Waals surface area contributed by atoms with Crippen molar-refractivity contribution in [2.24, 2.45) is 0 Å². The summed E-state index contributed by atoms with van der Waals surface area (Å²) in [5.41, 5.74) is 0.187. The molecule has 1 aliphatic heterocycles. The number of esters is 1. The third-order valence-electron chi connectivity index (χ3n) is 2.22. The number of aliphatic hydroxyl groups is 1. The zero-order chi connectivity index (χ0) is 10.8. The molecule has 6 nitrogen and oxygen atoms in total. The van der Waals surface area contributed by atoms with E-state index in [2.05, 4.69) is 14.7 Å². The van der Waals surface area contributed by atoms with Crippen LogP contribution in [0.3, 0.4) is 0 Å². The molecular weight excluding hydrogens is 198 g/mol. The van der Waals surface area contributed by atoms with Gasteiger partial charge < -0.3 is 14.7 Å². The maximum atomic E-state index is 11.3. The molecule has 1 N–H and O–H groups in total. The van der Waals surface area contributed by atoms with Crippen molar-refractivity contribution in [1.29, 1.82) is 0 Å². The monoisotopic (exact) mass is 209 g/mol. The van der Waals surface area contributed by atoms with E-state index in [1.807, 2.05) is 0 Å². The predicted octanol–water partition coefficient (Wildman–Crippen LogP) is -0.556. The van der Waals surface area contributed by atoms with Crippen LogP contribution >= 0.6 is 0 Å². The molecule has 1 fully saturated rings. The van der Waals surface area contributed by atoms with E-state index in [9.17, 15) is 4.79 Å². The van der Waals surface area contributed by atoms with Crippen molar-refractivity contribution in [2.45, 2.75) is 6.10 Å². The Balaban J connectivity index is 2.26. The van der Waals surface area contributed by atoms with E-state index in [1.165, 1.54) is 19.5 Å². The minimum atomic E-state index is -0.514. The first-order valence-electron chi connectivity index (χ1n) is 4.54. The maximum absolute atomic E-state index is 11.3. The standard InChI is InChI=1S/C9H11N3O3/c1-15-9(14)7-8(11-3-2-10-7)12-4-6(13)5-12/h2-3,6,13H,4-5H2,1H3. The highest BCUT2D eigenvalue weighted by Gasteiger charge is 2.29. The number of carbonyl (C=O) groups is 1. The molecule has 6 heteroatoms.